The second kappa shape index (κ2) is 5.79. The highest BCUT2D eigenvalue weighted by atomic mass is 35.5. The molecule has 1 aromatic rings. The van der Waals surface area contributed by atoms with Crippen molar-refractivity contribution in [3.05, 3.63) is 28.8 Å². The Hall–Kier alpha value is -0.620. The molecule has 1 unspecified atom stereocenters. The van der Waals surface area contributed by atoms with Gasteiger partial charge in [-0.3, -0.25) is 0 Å². The van der Waals surface area contributed by atoms with Crippen LogP contribution < -0.4 is 5.73 Å². The Balaban J connectivity index is 2.27. The molecule has 0 bridgehead atoms. The molecule has 0 amide bonds. The smallest absolute Gasteiger partial charge is 0.243 e. The van der Waals surface area contributed by atoms with E-state index < -0.39 is 10.0 Å². The van der Waals surface area contributed by atoms with Crippen LogP contribution in [0.15, 0.2) is 23.1 Å². The van der Waals surface area contributed by atoms with Crippen molar-refractivity contribution in [2.24, 2.45) is 11.7 Å². The second-order valence-electron chi connectivity index (χ2n) is 4.88. The van der Waals surface area contributed by atoms with Crippen molar-refractivity contribution >= 4 is 21.6 Å². The zero-order chi connectivity index (χ0) is 14.0. The summed E-state index contributed by atoms with van der Waals surface area (Å²) >= 11 is 6.04. The molecule has 106 valence electrons. The van der Waals surface area contributed by atoms with Crippen molar-refractivity contribution in [1.29, 1.82) is 0 Å². The van der Waals surface area contributed by atoms with Gasteiger partial charge < -0.3 is 5.73 Å². The predicted molar refractivity (Wildman–Crippen MR) is 76.5 cm³/mol. The zero-order valence-electron chi connectivity index (χ0n) is 11.0. The first kappa shape index (κ1) is 14.8. The fourth-order valence-electron chi connectivity index (χ4n) is 2.35. The summed E-state index contributed by atoms with van der Waals surface area (Å²) in [5.74, 6) is 0.466. The topological polar surface area (TPSA) is 63.4 Å². The van der Waals surface area contributed by atoms with Gasteiger partial charge in [0.15, 0.2) is 0 Å². The van der Waals surface area contributed by atoms with Crippen molar-refractivity contribution in [1.82, 2.24) is 4.31 Å². The Labute approximate surface area is 119 Å². The van der Waals surface area contributed by atoms with Crippen LogP contribution in [0.25, 0.3) is 0 Å². The van der Waals surface area contributed by atoms with Gasteiger partial charge in [-0.15, -0.1) is 0 Å². The molecule has 0 radical (unpaired) electrons. The minimum absolute atomic E-state index is 0.256. The van der Waals surface area contributed by atoms with E-state index >= 15 is 0 Å². The summed E-state index contributed by atoms with van der Waals surface area (Å²) < 4.78 is 26.5. The van der Waals surface area contributed by atoms with Crippen LogP contribution in [0.5, 0.6) is 0 Å². The van der Waals surface area contributed by atoms with Crippen molar-refractivity contribution in [2.45, 2.75) is 31.2 Å². The highest BCUT2D eigenvalue weighted by Gasteiger charge is 2.31. The molecule has 0 spiro atoms. The minimum Gasteiger partial charge on any atom is -0.326 e. The lowest BCUT2D eigenvalue weighted by Crippen LogP contribution is -2.28. The predicted octanol–water partition coefficient (Wildman–Crippen LogP) is 2.22. The third-order valence-corrected chi connectivity index (χ3v) is 5.92. The summed E-state index contributed by atoms with van der Waals surface area (Å²) in [4.78, 5) is 0.256. The molecule has 4 nitrogen and oxygen atoms in total. The molecule has 19 heavy (non-hydrogen) atoms. The maximum atomic E-state index is 12.5. The van der Waals surface area contributed by atoms with Crippen LogP contribution in [0.2, 0.25) is 5.02 Å². The molecule has 1 atom stereocenters. The number of rotatable bonds is 4. The van der Waals surface area contributed by atoms with E-state index in [1.807, 2.05) is 0 Å². The molecule has 1 aromatic carbocycles. The van der Waals surface area contributed by atoms with Gasteiger partial charge in [-0.05, 0) is 30.0 Å². The van der Waals surface area contributed by atoms with Gasteiger partial charge in [0.1, 0.15) is 0 Å². The quantitative estimate of drug-likeness (QED) is 0.927. The van der Waals surface area contributed by atoms with Crippen molar-refractivity contribution in [3.8, 4) is 0 Å². The summed E-state index contributed by atoms with van der Waals surface area (Å²) in [7, 11) is -3.42. The van der Waals surface area contributed by atoms with Crippen LogP contribution in [0.4, 0.5) is 0 Å². The molecule has 1 heterocycles. The lowest BCUT2D eigenvalue weighted by Gasteiger charge is -2.17. The van der Waals surface area contributed by atoms with Gasteiger partial charge in [-0.2, -0.15) is 4.31 Å². The molecule has 6 heteroatoms. The number of nitrogens with two attached hydrogens (primary N) is 1. The summed E-state index contributed by atoms with van der Waals surface area (Å²) in [6, 6.07) is 4.77. The maximum Gasteiger partial charge on any atom is 0.243 e. The van der Waals surface area contributed by atoms with E-state index in [4.69, 9.17) is 17.3 Å². The number of nitrogens with zero attached hydrogens (tertiary/aromatic N) is 1. The number of hydrogen-bond acceptors (Lipinski definition) is 3. The summed E-state index contributed by atoms with van der Waals surface area (Å²) in [5.41, 5.74) is 6.28. The van der Waals surface area contributed by atoms with Gasteiger partial charge in [-0.25, -0.2) is 8.42 Å². The standard InChI is InChI=1S/C13H19ClN2O2S/c1-2-10-5-6-16(9-10)19(17,18)12-4-3-11(8-15)13(14)7-12/h3-4,7,10H,2,5-6,8-9,15H2,1H3. The molecule has 2 N–H and O–H groups in total. The van der Waals surface area contributed by atoms with E-state index in [0.717, 1.165) is 18.4 Å². The van der Waals surface area contributed by atoms with Crippen LogP contribution in [-0.4, -0.2) is 25.8 Å². The lowest BCUT2D eigenvalue weighted by molar-refractivity contribution is 0.453. The van der Waals surface area contributed by atoms with Crippen molar-refractivity contribution in [2.75, 3.05) is 13.1 Å². The molecule has 1 saturated heterocycles. The first-order valence-electron chi connectivity index (χ1n) is 6.47. The third-order valence-electron chi connectivity index (χ3n) is 3.71. The molecule has 0 aromatic heterocycles. The maximum absolute atomic E-state index is 12.5. The largest absolute Gasteiger partial charge is 0.326 e. The average molecular weight is 303 g/mol. The SMILES string of the molecule is CCC1CCN(S(=O)(=O)c2ccc(CN)c(Cl)c2)C1. The summed E-state index contributed by atoms with van der Waals surface area (Å²) in [6.45, 7) is 3.60. The van der Waals surface area contributed by atoms with Crippen LogP contribution in [-0.2, 0) is 16.6 Å². The highest BCUT2D eigenvalue weighted by Crippen LogP contribution is 2.28. The Kier molecular flexibility index (Phi) is 4.50. The fraction of sp³-hybridized carbons (Fsp3) is 0.538. The van der Waals surface area contributed by atoms with E-state index in [-0.39, 0.29) is 4.90 Å². The number of halogens is 1. The summed E-state index contributed by atoms with van der Waals surface area (Å²) in [6.07, 6.45) is 1.95. The van der Waals surface area contributed by atoms with E-state index in [9.17, 15) is 8.42 Å². The monoisotopic (exact) mass is 302 g/mol. The molecular formula is C13H19ClN2O2S. The van der Waals surface area contributed by atoms with Gasteiger partial charge in [-0.1, -0.05) is 31.0 Å². The van der Waals surface area contributed by atoms with Gasteiger partial charge in [0.2, 0.25) is 10.0 Å². The Morgan fingerprint density at radius 2 is 2.21 bits per heavy atom. The van der Waals surface area contributed by atoms with Crippen LogP contribution in [0.3, 0.4) is 0 Å². The fourth-order valence-corrected chi connectivity index (χ4v) is 4.23. The minimum atomic E-state index is -3.42. The highest BCUT2D eigenvalue weighted by molar-refractivity contribution is 7.89. The second-order valence-corrected chi connectivity index (χ2v) is 7.23. The molecule has 1 fully saturated rings. The van der Waals surface area contributed by atoms with Gasteiger partial charge in [0, 0.05) is 24.7 Å². The molecular weight excluding hydrogens is 284 g/mol. The number of benzene rings is 1. The normalized spacial score (nSPS) is 20.9. The van der Waals surface area contributed by atoms with E-state index in [2.05, 4.69) is 6.92 Å². The van der Waals surface area contributed by atoms with E-state index in [0.29, 0.717) is 30.6 Å². The zero-order valence-corrected chi connectivity index (χ0v) is 12.5. The van der Waals surface area contributed by atoms with Crippen molar-refractivity contribution < 1.29 is 8.42 Å². The van der Waals surface area contributed by atoms with Crippen molar-refractivity contribution in [3.63, 3.8) is 0 Å². The van der Waals surface area contributed by atoms with E-state index in [1.54, 1.807) is 16.4 Å². The Morgan fingerprint density at radius 3 is 2.74 bits per heavy atom. The van der Waals surface area contributed by atoms with Crippen LogP contribution in [0, 0.1) is 5.92 Å². The lowest BCUT2D eigenvalue weighted by atomic mass is 10.1. The molecule has 2 rings (SSSR count). The van der Waals surface area contributed by atoms with Crippen LogP contribution in [0.1, 0.15) is 25.3 Å². The molecule has 1 aliphatic heterocycles. The van der Waals surface area contributed by atoms with Gasteiger partial charge in [0.25, 0.3) is 0 Å². The molecule has 1 aliphatic rings. The number of sulfonamides is 1. The first-order valence-corrected chi connectivity index (χ1v) is 8.29. The summed E-state index contributed by atoms with van der Waals surface area (Å²) in [5, 5.41) is 0.412. The third kappa shape index (κ3) is 2.94. The number of hydrogen-bond donors (Lipinski definition) is 1. The Morgan fingerprint density at radius 1 is 1.47 bits per heavy atom. The van der Waals surface area contributed by atoms with E-state index in [1.165, 1.54) is 6.07 Å². The average Bonchev–Trinajstić information content (AvgIpc) is 2.88. The first-order chi connectivity index (χ1) is 8.98. The van der Waals surface area contributed by atoms with Gasteiger partial charge >= 0.3 is 0 Å². The molecule has 0 aliphatic carbocycles. The molecule has 0 saturated carbocycles. The van der Waals surface area contributed by atoms with Crippen LogP contribution >= 0.6 is 11.6 Å². The Bertz CT molecular complexity index is 560. The van der Waals surface area contributed by atoms with Gasteiger partial charge in [0.05, 0.1) is 4.90 Å².